The number of nitrogens with one attached hydrogen (secondary N) is 1. The van der Waals surface area contributed by atoms with E-state index in [1.165, 1.54) is 6.07 Å². The van der Waals surface area contributed by atoms with Gasteiger partial charge in [-0.15, -0.1) is 0 Å². The van der Waals surface area contributed by atoms with Crippen molar-refractivity contribution >= 4 is 46.4 Å². The summed E-state index contributed by atoms with van der Waals surface area (Å²) in [5.41, 5.74) is 0.701. The van der Waals surface area contributed by atoms with Gasteiger partial charge in [-0.2, -0.15) is 0 Å². The molecule has 2 aromatic rings. The van der Waals surface area contributed by atoms with Gasteiger partial charge < -0.3 is 10.1 Å². The number of pyridine rings is 1. The molecule has 112 valence electrons. The summed E-state index contributed by atoms with van der Waals surface area (Å²) in [6, 6.07) is 6.46. The zero-order valence-corrected chi connectivity index (χ0v) is 14.1. The first-order valence-electron chi connectivity index (χ1n) is 6.19. The lowest BCUT2D eigenvalue weighted by Gasteiger charge is -2.10. The van der Waals surface area contributed by atoms with Crippen LogP contribution in [0.15, 0.2) is 24.3 Å². The van der Waals surface area contributed by atoms with E-state index in [0.29, 0.717) is 44.0 Å². The number of hydrogen-bond acceptors (Lipinski definition) is 3. The molecule has 0 radical (unpaired) electrons. The van der Waals surface area contributed by atoms with Crippen LogP contribution in [-0.2, 0) is 6.54 Å². The molecule has 21 heavy (non-hydrogen) atoms. The molecule has 0 fully saturated rings. The second kappa shape index (κ2) is 7.52. The van der Waals surface area contributed by atoms with Crippen molar-refractivity contribution in [1.82, 2.24) is 10.3 Å². The number of rotatable bonds is 5. The van der Waals surface area contributed by atoms with Crippen molar-refractivity contribution in [1.29, 1.82) is 0 Å². The Hall–Kier alpha value is -0.710. The zero-order valence-electron chi connectivity index (χ0n) is 11.1. The molecule has 0 unspecified atom stereocenters. The molecule has 1 aromatic carbocycles. The van der Waals surface area contributed by atoms with Crippen molar-refractivity contribution in [2.45, 2.75) is 13.5 Å². The van der Waals surface area contributed by atoms with E-state index >= 15 is 0 Å². The first-order chi connectivity index (χ1) is 10.0. The lowest BCUT2D eigenvalue weighted by atomic mass is 10.3. The van der Waals surface area contributed by atoms with E-state index in [9.17, 15) is 0 Å². The Morgan fingerprint density at radius 3 is 2.43 bits per heavy atom. The zero-order chi connectivity index (χ0) is 15.4. The minimum atomic E-state index is 0.356. The van der Waals surface area contributed by atoms with Crippen LogP contribution in [0, 0.1) is 0 Å². The molecule has 7 heteroatoms. The van der Waals surface area contributed by atoms with Crippen LogP contribution in [0.4, 0.5) is 0 Å². The number of hydrogen-bond donors (Lipinski definition) is 1. The highest BCUT2D eigenvalue weighted by atomic mass is 35.5. The average Bonchev–Trinajstić information content (AvgIpc) is 2.45. The third-order valence-electron chi connectivity index (χ3n) is 2.62. The fourth-order valence-electron chi connectivity index (χ4n) is 1.58. The molecule has 1 heterocycles. The smallest absolute Gasteiger partial charge is 0.219 e. The molecule has 0 aliphatic carbocycles. The van der Waals surface area contributed by atoms with Gasteiger partial charge in [0.1, 0.15) is 5.75 Å². The van der Waals surface area contributed by atoms with Crippen LogP contribution in [0.3, 0.4) is 0 Å². The summed E-state index contributed by atoms with van der Waals surface area (Å²) >= 11 is 24.0. The van der Waals surface area contributed by atoms with Crippen molar-refractivity contribution in [3.8, 4) is 11.6 Å². The van der Waals surface area contributed by atoms with Crippen LogP contribution in [0.25, 0.3) is 0 Å². The predicted molar refractivity (Wildman–Crippen MR) is 88.2 cm³/mol. The molecule has 3 nitrogen and oxygen atoms in total. The molecule has 0 aliphatic heterocycles. The van der Waals surface area contributed by atoms with Gasteiger partial charge >= 0.3 is 0 Å². The van der Waals surface area contributed by atoms with E-state index in [-0.39, 0.29) is 0 Å². The van der Waals surface area contributed by atoms with Crippen molar-refractivity contribution in [3.63, 3.8) is 0 Å². The van der Waals surface area contributed by atoms with Gasteiger partial charge in [0.2, 0.25) is 5.88 Å². The number of halogens is 4. The lowest BCUT2D eigenvalue weighted by molar-refractivity contribution is 0.460. The van der Waals surface area contributed by atoms with Gasteiger partial charge in [0.05, 0.1) is 25.8 Å². The molecule has 0 bridgehead atoms. The molecule has 0 amide bonds. The van der Waals surface area contributed by atoms with E-state index in [1.54, 1.807) is 18.2 Å². The first-order valence-corrected chi connectivity index (χ1v) is 7.71. The van der Waals surface area contributed by atoms with Gasteiger partial charge in [-0.05, 0) is 18.7 Å². The Kier molecular flexibility index (Phi) is 5.97. The molecule has 0 saturated carbocycles. The Morgan fingerprint density at radius 2 is 1.71 bits per heavy atom. The van der Waals surface area contributed by atoms with Crippen LogP contribution >= 0.6 is 46.4 Å². The predicted octanol–water partition coefficient (Wildman–Crippen LogP) is 5.60. The number of nitrogens with zero attached hydrogens (tertiary/aromatic N) is 1. The topological polar surface area (TPSA) is 34.2 Å². The van der Waals surface area contributed by atoms with Crippen LogP contribution in [0.5, 0.6) is 11.6 Å². The van der Waals surface area contributed by atoms with Crippen molar-refractivity contribution in [2.24, 2.45) is 0 Å². The van der Waals surface area contributed by atoms with Gasteiger partial charge in [0.25, 0.3) is 0 Å². The van der Waals surface area contributed by atoms with Crippen LogP contribution < -0.4 is 10.1 Å². The monoisotopic (exact) mass is 364 g/mol. The minimum Gasteiger partial charge on any atom is -0.437 e. The lowest BCUT2D eigenvalue weighted by Crippen LogP contribution is -2.13. The molecule has 0 spiro atoms. The summed E-state index contributed by atoms with van der Waals surface area (Å²) < 4.78 is 5.65. The van der Waals surface area contributed by atoms with Gasteiger partial charge in [-0.3, -0.25) is 0 Å². The van der Waals surface area contributed by atoms with Gasteiger partial charge in [0.15, 0.2) is 0 Å². The van der Waals surface area contributed by atoms with E-state index in [4.69, 9.17) is 51.1 Å². The maximum absolute atomic E-state index is 6.09. The SMILES string of the molecule is CCNCc1nc(Oc2cc(Cl)c(Cl)cc2Cl)ccc1Cl. The Morgan fingerprint density at radius 1 is 1.00 bits per heavy atom. The summed E-state index contributed by atoms with van der Waals surface area (Å²) in [7, 11) is 0. The highest BCUT2D eigenvalue weighted by molar-refractivity contribution is 6.43. The largest absolute Gasteiger partial charge is 0.437 e. The third-order valence-corrected chi connectivity index (χ3v) is 3.99. The summed E-state index contributed by atoms with van der Waals surface area (Å²) in [5.74, 6) is 0.767. The Bertz CT molecular complexity index is 649. The molecule has 0 saturated heterocycles. The number of ether oxygens (including phenoxy) is 1. The molecular weight excluding hydrogens is 354 g/mol. The van der Waals surface area contributed by atoms with Gasteiger partial charge in [-0.25, -0.2) is 4.98 Å². The summed E-state index contributed by atoms with van der Waals surface area (Å²) in [6.07, 6.45) is 0. The van der Waals surface area contributed by atoms with Crippen LogP contribution in [0.2, 0.25) is 20.1 Å². The minimum absolute atomic E-state index is 0.356. The quantitative estimate of drug-likeness (QED) is 0.700. The number of aromatic nitrogens is 1. The highest BCUT2D eigenvalue weighted by Gasteiger charge is 2.10. The Balaban J connectivity index is 2.25. The molecule has 1 aromatic heterocycles. The van der Waals surface area contributed by atoms with Crippen molar-refractivity contribution in [2.75, 3.05) is 6.54 Å². The fourth-order valence-corrected chi connectivity index (χ4v) is 2.33. The molecule has 0 aliphatic rings. The molecule has 2 rings (SSSR count). The van der Waals surface area contributed by atoms with E-state index in [0.717, 1.165) is 6.54 Å². The summed E-state index contributed by atoms with van der Waals surface area (Å²) in [6.45, 7) is 3.38. The van der Waals surface area contributed by atoms with Crippen molar-refractivity contribution < 1.29 is 4.74 Å². The normalized spacial score (nSPS) is 10.7. The summed E-state index contributed by atoms with van der Waals surface area (Å²) in [5, 5.41) is 4.81. The van der Waals surface area contributed by atoms with Crippen LogP contribution in [0.1, 0.15) is 12.6 Å². The highest BCUT2D eigenvalue weighted by Crippen LogP contribution is 2.36. The summed E-state index contributed by atoms with van der Waals surface area (Å²) in [4.78, 5) is 4.35. The van der Waals surface area contributed by atoms with Crippen LogP contribution in [-0.4, -0.2) is 11.5 Å². The third kappa shape index (κ3) is 4.38. The van der Waals surface area contributed by atoms with Gasteiger partial charge in [0, 0.05) is 18.7 Å². The number of benzene rings is 1. The van der Waals surface area contributed by atoms with E-state index in [2.05, 4.69) is 10.3 Å². The Labute approximate surface area is 143 Å². The molecule has 1 N–H and O–H groups in total. The fraction of sp³-hybridized carbons (Fsp3) is 0.214. The standard InChI is InChI=1S/C14H12Cl4N2O/c1-2-19-7-12-8(15)3-4-14(20-12)21-13-6-10(17)9(16)5-11(13)18/h3-6,19H,2,7H2,1H3. The average molecular weight is 366 g/mol. The van der Waals surface area contributed by atoms with Gasteiger partial charge in [-0.1, -0.05) is 53.3 Å². The molecular formula is C14H12Cl4N2O. The van der Waals surface area contributed by atoms with E-state index < -0.39 is 0 Å². The second-order valence-corrected chi connectivity index (χ2v) is 5.79. The maximum atomic E-state index is 6.09. The van der Waals surface area contributed by atoms with Crippen molar-refractivity contribution in [3.05, 3.63) is 50.0 Å². The second-order valence-electron chi connectivity index (χ2n) is 4.16. The first kappa shape index (κ1) is 16.7. The molecule has 0 atom stereocenters. The maximum Gasteiger partial charge on any atom is 0.219 e. The van der Waals surface area contributed by atoms with E-state index in [1.807, 2.05) is 6.92 Å².